The highest BCUT2D eigenvalue weighted by molar-refractivity contribution is 6.33. The molecular weight excluding hydrogens is 418 g/mol. The summed E-state index contributed by atoms with van der Waals surface area (Å²) in [6.45, 7) is 8.04. The number of fused-ring (bicyclic) bond motifs is 2. The summed E-state index contributed by atoms with van der Waals surface area (Å²) in [5.41, 5.74) is 3.27. The summed E-state index contributed by atoms with van der Waals surface area (Å²) < 4.78 is 13.5. The molecule has 3 aromatic rings. The molecule has 2 aliphatic rings. The second-order valence-corrected chi connectivity index (χ2v) is 8.33. The number of carbonyl (C=O) groups is 1. The third-order valence-electron chi connectivity index (χ3n) is 5.78. The summed E-state index contributed by atoms with van der Waals surface area (Å²) in [6, 6.07) is 6.57. The van der Waals surface area contributed by atoms with Gasteiger partial charge in [0, 0.05) is 36.4 Å². The molecule has 0 radical (unpaired) electrons. The van der Waals surface area contributed by atoms with Crippen molar-refractivity contribution < 1.29 is 14.3 Å². The van der Waals surface area contributed by atoms with Gasteiger partial charge in [-0.15, -0.1) is 0 Å². The van der Waals surface area contributed by atoms with Gasteiger partial charge in [0.2, 0.25) is 5.88 Å². The van der Waals surface area contributed by atoms with Gasteiger partial charge >= 0.3 is 0 Å². The minimum Gasteiger partial charge on any atom is -0.475 e. The average molecular weight is 442 g/mol. The molecule has 0 bridgehead atoms. The Morgan fingerprint density at radius 3 is 2.68 bits per heavy atom. The van der Waals surface area contributed by atoms with E-state index in [1.807, 2.05) is 0 Å². The van der Waals surface area contributed by atoms with E-state index in [1.165, 1.54) is 11.8 Å². The first-order valence-electron chi connectivity index (χ1n) is 10.5. The zero-order valence-corrected chi connectivity index (χ0v) is 18.3. The predicted octanol–water partition coefficient (Wildman–Crippen LogP) is 3.54. The van der Waals surface area contributed by atoms with Crippen LogP contribution in [0.25, 0.3) is 10.9 Å². The van der Waals surface area contributed by atoms with E-state index in [-0.39, 0.29) is 22.5 Å². The Morgan fingerprint density at radius 1 is 1.10 bits per heavy atom. The molecule has 0 unspecified atom stereocenters. The molecule has 2 aromatic heterocycles. The molecule has 31 heavy (non-hydrogen) atoms. The van der Waals surface area contributed by atoms with Crippen LogP contribution in [-0.2, 0) is 4.74 Å². The Labute approximate surface area is 185 Å². The minimum absolute atomic E-state index is 0.0994. The smallest absolute Gasteiger partial charge is 0.267 e. The Kier molecular flexibility index (Phi) is 5.19. The fourth-order valence-corrected chi connectivity index (χ4v) is 4.46. The zero-order chi connectivity index (χ0) is 21.5. The van der Waals surface area contributed by atoms with Gasteiger partial charge in [-0.05, 0) is 32.0 Å². The second-order valence-electron chi connectivity index (χ2n) is 7.97. The van der Waals surface area contributed by atoms with Gasteiger partial charge in [0.15, 0.2) is 0 Å². The van der Waals surface area contributed by atoms with E-state index in [2.05, 4.69) is 57.7 Å². The van der Waals surface area contributed by atoms with Gasteiger partial charge < -0.3 is 23.8 Å². The van der Waals surface area contributed by atoms with Gasteiger partial charge in [0.05, 0.1) is 31.0 Å². The number of amides is 1. The molecule has 5 rings (SSSR count). The number of ether oxygens (including phenoxy) is 2. The van der Waals surface area contributed by atoms with Gasteiger partial charge in [-0.2, -0.15) is 0 Å². The second kappa shape index (κ2) is 8.01. The van der Waals surface area contributed by atoms with Crippen LogP contribution in [0.2, 0.25) is 5.15 Å². The molecule has 9 heteroatoms. The van der Waals surface area contributed by atoms with Crippen LogP contribution in [0.4, 0.5) is 11.4 Å². The van der Waals surface area contributed by atoms with Crippen molar-refractivity contribution in [2.45, 2.75) is 19.9 Å². The monoisotopic (exact) mass is 441 g/mol. The Morgan fingerprint density at radius 2 is 1.90 bits per heavy atom. The van der Waals surface area contributed by atoms with Crippen LogP contribution in [0.15, 0.2) is 30.7 Å². The van der Waals surface area contributed by atoms with Crippen molar-refractivity contribution in [3.05, 3.63) is 41.4 Å². The highest BCUT2D eigenvalue weighted by Gasteiger charge is 2.30. The SMILES string of the molecule is CC(C)n1ccc2cc(N3CCOc4ncnc(Cl)c4C3=O)cc(N3CCOCC3)c21. The number of anilines is 2. The molecule has 2 aliphatic heterocycles. The lowest BCUT2D eigenvalue weighted by molar-refractivity contribution is 0.0989. The van der Waals surface area contributed by atoms with E-state index in [0.29, 0.717) is 32.4 Å². The van der Waals surface area contributed by atoms with Crippen molar-refractivity contribution in [1.82, 2.24) is 14.5 Å². The van der Waals surface area contributed by atoms with Gasteiger partial charge in [0.1, 0.15) is 23.7 Å². The molecule has 1 saturated heterocycles. The van der Waals surface area contributed by atoms with Crippen molar-refractivity contribution in [3.63, 3.8) is 0 Å². The Balaban J connectivity index is 1.65. The first-order chi connectivity index (χ1) is 15.0. The maximum atomic E-state index is 13.4. The number of rotatable bonds is 3. The molecule has 1 aromatic carbocycles. The molecule has 162 valence electrons. The lowest BCUT2D eigenvalue weighted by Crippen LogP contribution is -2.37. The molecule has 0 spiro atoms. The quantitative estimate of drug-likeness (QED) is 0.579. The Bertz CT molecular complexity index is 1140. The van der Waals surface area contributed by atoms with Crippen LogP contribution in [0.1, 0.15) is 30.2 Å². The maximum Gasteiger partial charge on any atom is 0.267 e. The van der Waals surface area contributed by atoms with Gasteiger partial charge in [0.25, 0.3) is 5.91 Å². The van der Waals surface area contributed by atoms with Crippen molar-refractivity contribution in [2.75, 3.05) is 49.3 Å². The van der Waals surface area contributed by atoms with E-state index in [0.717, 1.165) is 29.9 Å². The predicted molar refractivity (Wildman–Crippen MR) is 120 cm³/mol. The van der Waals surface area contributed by atoms with E-state index >= 15 is 0 Å². The van der Waals surface area contributed by atoms with Crippen molar-refractivity contribution in [2.24, 2.45) is 0 Å². The molecule has 1 fully saturated rings. The lowest BCUT2D eigenvalue weighted by atomic mass is 10.1. The third kappa shape index (κ3) is 3.49. The zero-order valence-electron chi connectivity index (χ0n) is 17.5. The number of nitrogens with zero attached hydrogens (tertiary/aromatic N) is 5. The number of carbonyl (C=O) groups excluding carboxylic acids is 1. The van der Waals surface area contributed by atoms with Crippen LogP contribution in [-0.4, -0.2) is 59.9 Å². The molecule has 0 atom stereocenters. The minimum atomic E-state index is -0.256. The topological polar surface area (TPSA) is 72.7 Å². The first-order valence-corrected chi connectivity index (χ1v) is 10.8. The summed E-state index contributed by atoms with van der Waals surface area (Å²) in [5.74, 6) is -0.0263. The molecule has 0 aliphatic carbocycles. The Hall–Kier alpha value is -2.84. The highest BCUT2D eigenvalue weighted by atomic mass is 35.5. The summed E-state index contributed by atoms with van der Waals surface area (Å²) >= 11 is 6.24. The summed E-state index contributed by atoms with van der Waals surface area (Å²) in [4.78, 5) is 25.5. The molecule has 8 nitrogen and oxygen atoms in total. The lowest BCUT2D eigenvalue weighted by Gasteiger charge is -2.31. The fraction of sp³-hybridized carbons (Fsp3) is 0.409. The molecule has 1 amide bonds. The van der Waals surface area contributed by atoms with Crippen LogP contribution >= 0.6 is 11.6 Å². The van der Waals surface area contributed by atoms with Crippen molar-refractivity contribution >= 4 is 39.8 Å². The van der Waals surface area contributed by atoms with E-state index in [9.17, 15) is 4.79 Å². The number of hydrogen-bond acceptors (Lipinski definition) is 6. The number of morpholine rings is 1. The van der Waals surface area contributed by atoms with Crippen LogP contribution < -0.4 is 14.5 Å². The van der Waals surface area contributed by atoms with Gasteiger partial charge in [-0.25, -0.2) is 9.97 Å². The molecule has 0 N–H and O–H groups in total. The number of aromatic nitrogens is 3. The van der Waals surface area contributed by atoms with Gasteiger partial charge in [-0.3, -0.25) is 4.79 Å². The van der Waals surface area contributed by atoms with Crippen LogP contribution in [0, 0.1) is 0 Å². The van der Waals surface area contributed by atoms with Crippen molar-refractivity contribution in [1.29, 1.82) is 0 Å². The molecule has 4 heterocycles. The third-order valence-corrected chi connectivity index (χ3v) is 6.06. The fourth-order valence-electron chi connectivity index (χ4n) is 4.26. The van der Waals surface area contributed by atoms with Crippen molar-refractivity contribution in [3.8, 4) is 5.88 Å². The normalized spacial score (nSPS) is 17.1. The van der Waals surface area contributed by atoms with Crippen LogP contribution in [0.5, 0.6) is 5.88 Å². The standard InChI is InChI=1S/C22H24ClN5O3/c1-14(2)27-4-3-15-11-16(12-17(19(15)27)26-5-8-30-9-6-26)28-7-10-31-21-18(22(28)29)20(23)24-13-25-21/h3-4,11-14H,5-10H2,1-2H3. The van der Waals surface area contributed by atoms with E-state index < -0.39 is 0 Å². The number of hydrogen-bond donors (Lipinski definition) is 0. The van der Waals surface area contributed by atoms with E-state index in [4.69, 9.17) is 21.1 Å². The molecular formula is C22H24ClN5O3. The summed E-state index contributed by atoms with van der Waals surface area (Å²) in [6.07, 6.45) is 3.41. The molecule has 0 saturated carbocycles. The number of halogens is 1. The van der Waals surface area contributed by atoms with E-state index in [1.54, 1.807) is 4.90 Å². The number of benzene rings is 1. The maximum absolute atomic E-state index is 13.4. The van der Waals surface area contributed by atoms with Crippen LogP contribution in [0.3, 0.4) is 0 Å². The summed E-state index contributed by atoms with van der Waals surface area (Å²) in [5, 5.41) is 1.18. The summed E-state index contributed by atoms with van der Waals surface area (Å²) in [7, 11) is 0. The first kappa shape index (κ1) is 20.1. The largest absolute Gasteiger partial charge is 0.475 e. The average Bonchev–Trinajstić information content (AvgIpc) is 3.13. The highest BCUT2D eigenvalue weighted by Crippen LogP contribution is 2.37. The van der Waals surface area contributed by atoms with Gasteiger partial charge in [-0.1, -0.05) is 11.6 Å².